The lowest BCUT2D eigenvalue weighted by atomic mass is 10.0. The van der Waals surface area contributed by atoms with Crippen molar-refractivity contribution < 1.29 is 4.39 Å². The topological polar surface area (TPSA) is 29.9 Å². The van der Waals surface area contributed by atoms with Crippen molar-refractivity contribution in [3.05, 3.63) is 50.5 Å². The highest BCUT2D eigenvalue weighted by Crippen LogP contribution is 2.31. The summed E-state index contributed by atoms with van der Waals surface area (Å²) >= 11 is 9.80. The van der Waals surface area contributed by atoms with Gasteiger partial charge in [0.1, 0.15) is 5.82 Å². The Morgan fingerprint density at radius 2 is 2.19 bits per heavy atom. The highest BCUT2D eigenvalue weighted by atomic mass is 79.9. The normalized spacial score (nSPS) is 12.7. The molecular formula is C15H18BrClFN3. The van der Waals surface area contributed by atoms with Gasteiger partial charge in [-0.3, -0.25) is 4.68 Å². The SMILES string of the molecule is CCc1nn(C)c(CC(NC)c2c(F)cccc2Br)c1Cl. The molecule has 0 aliphatic rings. The second-order valence-electron chi connectivity index (χ2n) is 4.87. The van der Waals surface area contributed by atoms with Gasteiger partial charge in [0.2, 0.25) is 0 Å². The fourth-order valence-electron chi connectivity index (χ4n) is 2.43. The maximum atomic E-state index is 14.1. The van der Waals surface area contributed by atoms with Gasteiger partial charge in [0.05, 0.1) is 16.4 Å². The van der Waals surface area contributed by atoms with E-state index in [-0.39, 0.29) is 11.9 Å². The van der Waals surface area contributed by atoms with E-state index in [0.717, 1.165) is 22.3 Å². The fourth-order valence-corrected chi connectivity index (χ4v) is 3.42. The van der Waals surface area contributed by atoms with Crippen molar-refractivity contribution in [2.75, 3.05) is 7.05 Å². The third kappa shape index (κ3) is 3.30. The van der Waals surface area contributed by atoms with E-state index in [1.54, 1.807) is 10.7 Å². The number of likely N-dealkylation sites (N-methyl/N-ethyl adjacent to an activating group) is 1. The number of hydrogen-bond donors (Lipinski definition) is 1. The molecule has 3 nitrogen and oxygen atoms in total. The molecule has 114 valence electrons. The van der Waals surface area contributed by atoms with Crippen LogP contribution in [0.25, 0.3) is 0 Å². The summed E-state index contributed by atoms with van der Waals surface area (Å²) in [5.41, 5.74) is 2.38. The molecule has 21 heavy (non-hydrogen) atoms. The van der Waals surface area contributed by atoms with Crippen LogP contribution in [-0.4, -0.2) is 16.8 Å². The van der Waals surface area contributed by atoms with Crippen LogP contribution in [0.4, 0.5) is 4.39 Å². The highest BCUT2D eigenvalue weighted by Gasteiger charge is 2.22. The van der Waals surface area contributed by atoms with Crippen LogP contribution in [0.15, 0.2) is 22.7 Å². The summed E-state index contributed by atoms with van der Waals surface area (Å²) in [6.07, 6.45) is 1.35. The summed E-state index contributed by atoms with van der Waals surface area (Å²) < 4.78 is 16.7. The number of rotatable bonds is 5. The molecule has 0 saturated carbocycles. The number of benzene rings is 1. The second-order valence-corrected chi connectivity index (χ2v) is 6.10. The molecule has 1 aromatic heterocycles. The molecule has 0 bridgehead atoms. The zero-order valence-corrected chi connectivity index (χ0v) is 14.6. The van der Waals surface area contributed by atoms with Crippen LogP contribution in [0.2, 0.25) is 5.02 Å². The third-order valence-corrected chi connectivity index (χ3v) is 4.72. The van der Waals surface area contributed by atoms with Gasteiger partial charge in [0.25, 0.3) is 0 Å². The molecule has 6 heteroatoms. The molecule has 0 fully saturated rings. The Balaban J connectivity index is 2.38. The summed E-state index contributed by atoms with van der Waals surface area (Å²) in [4.78, 5) is 0. The molecule has 0 amide bonds. The minimum atomic E-state index is -0.238. The number of nitrogens with zero attached hydrogens (tertiary/aromatic N) is 2. The maximum absolute atomic E-state index is 14.1. The van der Waals surface area contributed by atoms with E-state index in [0.29, 0.717) is 17.0 Å². The van der Waals surface area contributed by atoms with Crippen molar-refractivity contribution in [1.82, 2.24) is 15.1 Å². The van der Waals surface area contributed by atoms with E-state index in [9.17, 15) is 4.39 Å². The van der Waals surface area contributed by atoms with Gasteiger partial charge in [-0.2, -0.15) is 5.10 Å². The molecule has 1 unspecified atom stereocenters. The molecule has 1 N–H and O–H groups in total. The Morgan fingerprint density at radius 1 is 1.48 bits per heavy atom. The van der Waals surface area contributed by atoms with E-state index in [1.165, 1.54) is 6.07 Å². The first kappa shape index (κ1) is 16.5. The van der Waals surface area contributed by atoms with Gasteiger partial charge in [-0.15, -0.1) is 0 Å². The van der Waals surface area contributed by atoms with Gasteiger partial charge < -0.3 is 5.32 Å². The smallest absolute Gasteiger partial charge is 0.129 e. The number of nitrogens with one attached hydrogen (secondary N) is 1. The number of aryl methyl sites for hydroxylation is 2. The minimum Gasteiger partial charge on any atom is -0.313 e. The molecule has 0 radical (unpaired) electrons. The zero-order chi connectivity index (χ0) is 15.6. The van der Waals surface area contributed by atoms with E-state index >= 15 is 0 Å². The van der Waals surface area contributed by atoms with E-state index < -0.39 is 0 Å². The first-order chi connectivity index (χ1) is 9.99. The first-order valence-electron chi connectivity index (χ1n) is 6.81. The number of aromatic nitrogens is 2. The Morgan fingerprint density at radius 3 is 2.71 bits per heavy atom. The van der Waals surface area contributed by atoms with E-state index in [4.69, 9.17) is 11.6 Å². The molecule has 0 aliphatic heterocycles. The molecule has 2 rings (SSSR count). The van der Waals surface area contributed by atoms with E-state index in [2.05, 4.69) is 26.3 Å². The molecular weight excluding hydrogens is 357 g/mol. The van der Waals surface area contributed by atoms with Crippen molar-refractivity contribution in [1.29, 1.82) is 0 Å². The summed E-state index contributed by atoms with van der Waals surface area (Å²) in [7, 11) is 3.68. The lowest BCUT2D eigenvalue weighted by Crippen LogP contribution is -2.22. The summed E-state index contributed by atoms with van der Waals surface area (Å²) in [5, 5.41) is 8.24. The van der Waals surface area contributed by atoms with E-state index in [1.807, 2.05) is 27.1 Å². The summed E-state index contributed by atoms with van der Waals surface area (Å²) in [6.45, 7) is 2.01. The van der Waals surface area contributed by atoms with Gasteiger partial charge in [-0.1, -0.05) is 40.5 Å². The molecule has 2 aromatic rings. The van der Waals surface area contributed by atoms with Crippen LogP contribution in [0.5, 0.6) is 0 Å². The van der Waals surface area contributed by atoms with Gasteiger partial charge in [-0.25, -0.2) is 4.39 Å². The number of hydrogen-bond acceptors (Lipinski definition) is 2. The summed E-state index contributed by atoms with van der Waals surface area (Å²) in [5.74, 6) is -0.238. The van der Waals surface area contributed by atoms with Gasteiger partial charge in [-0.05, 0) is 25.6 Å². The minimum absolute atomic E-state index is 0.182. The van der Waals surface area contributed by atoms with Gasteiger partial charge in [0.15, 0.2) is 0 Å². The van der Waals surface area contributed by atoms with Crippen molar-refractivity contribution in [3.8, 4) is 0 Å². The number of halogens is 3. The van der Waals surface area contributed by atoms with Crippen LogP contribution in [-0.2, 0) is 19.9 Å². The Labute approximate surface area is 137 Å². The molecule has 0 saturated heterocycles. The van der Waals surface area contributed by atoms with Crippen LogP contribution in [0.1, 0.15) is 29.9 Å². The van der Waals surface area contributed by atoms with Crippen LogP contribution >= 0.6 is 27.5 Å². The lowest BCUT2D eigenvalue weighted by Gasteiger charge is -2.19. The standard InChI is InChI=1S/C15H18BrClFN3/c1-4-11-15(17)13(21(3)20-11)8-12(19-2)14-9(16)6-5-7-10(14)18/h5-7,12,19H,4,8H2,1-3H3. The molecule has 0 aliphatic carbocycles. The predicted molar refractivity (Wildman–Crippen MR) is 87.2 cm³/mol. The average Bonchev–Trinajstić information content (AvgIpc) is 2.72. The van der Waals surface area contributed by atoms with Gasteiger partial charge >= 0.3 is 0 Å². The predicted octanol–water partition coefficient (Wildman–Crippen LogP) is 4.04. The molecule has 1 aromatic carbocycles. The lowest BCUT2D eigenvalue weighted by molar-refractivity contribution is 0.517. The average molecular weight is 375 g/mol. The van der Waals surface area contributed by atoms with Crippen LogP contribution in [0, 0.1) is 5.82 Å². The highest BCUT2D eigenvalue weighted by molar-refractivity contribution is 9.10. The van der Waals surface area contributed by atoms with Crippen molar-refractivity contribution >= 4 is 27.5 Å². The molecule has 1 atom stereocenters. The Kier molecular flexibility index (Phi) is 5.41. The first-order valence-corrected chi connectivity index (χ1v) is 7.98. The van der Waals surface area contributed by atoms with Crippen molar-refractivity contribution in [3.63, 3.8) is 0 Å². The Hall–Kier alpha value is -0.910. The zero-order valence-electron chi connectivity index (χ0n) is 12.3. The maximum Gasteiger partial charge on any atom is 0.129 e. The van der Waals surface area contributed by atoms with Crippen LogP contribution in [0.3, 0.4) is 0 Å². The van der Waals surface area contributed by atoms with Crippen molar-refractivity contribution in [2.45, 2.75) is 25.8 Å². The molecule has 0 spiro atoms. The fraction of sp³-hybridized carbons (Fsp3) is 0.400. The quantitative estimate of drug-likeness (QED) is 0.856. The summed E-state index contributed by atoms with van der Waals surface area (Å²) in [6, 6.07) is 4.80. The molecule has 1 heterocycles. The Bertz CT molecular complexity index is 622. The monoisotopic (exact) mass is 373 g/mol. The van der Waals surface area contributed by atoms with Crippen LogP contribution < -0.4 is 5.32 Å². The third-order valence-electron chi connectivity index (χ3n) is 3.60. The van der Waals surface area contributed by atoms with Crippen molar-refractivity contribution in [2.24, 2.45) is 7.05 Å². The largest absolute Gasteiger partial charge is 0.313 e. The second kappa shape index (κ2) is 6.90. The van der Waals surface area contributed by atoms with Gasteiger partial charge in [0, 0.05) is 29.5 Å².